The largest absolute Gasteiger partial charge is 0.364 e. The quantitative estimate of drug-likeness (QED) is 0.686. The Balaban J connectivity index is 1.35. The van der Waals surface area contributed by atoms with Gasteiger partial charge in [0, 0.05) is 19.6 Å². The molecule has 2 aliphatic rings. The number of imidazole rings is 1. The maximum Gasteiger partial charge on any atom is 0.135 e. The van der Waals surface area contributed by atoms with Crippen LogP contribution in [0.2, 0.25) is 0 Å². The predicted octanol–water partition coefficient (Wildman–Crippen LogP) is 4.17. The molecule has 0 unspecified atom stereocenters. The zero-order valence-corrected chi connectivity index (χ0v) is 16.1. The molecule has 5 heteroatoms. The van der Waals surface area contributed by atoms with Crippen molar-refractivity contribution in [3.63, 3.8) is 0 Å². The normalized spacial score (nSPS) is 21.9. The smallest absolute Gasteiger partial charge is 0.135 e. The van der Waals surface area contributed by atoms with Crippen LogP contribution in [0.15, 0.2) is 54.7 Å². The number of hydrogen-bond donors (Lipinski definition) is 0. The van der Waals surface area contributed by atoms with Gasteiger partial charge in [-0.3, -0.25) is 4.90 Å². The minimum Gasteiger partial charge on any atom is -0.364 e. The van der Waals surface area contributed by atoms with Gasteiger partial charge >= 0.3 is 0 Å². The van der Waals surface area contributed by atoms with Crippen molar-refractivity contribution in [2.24, 2.45) is 0 Å². The number of halogens is 1. The van der Waals surface area contributed by atoms with E-state index in [1.807, 2.05) is 12.3 Å². The standard InChI is InChI=1S/C23H24FN3O/c1-17-5-7-19(8-6-17)21-12-25-22-14-28-23(16-27(21)22)9-10-26(15-23)13-18-3-2-4-20(24)11-18/h2-8,11-12H,9-10,13-16H2,1H3/t23-/m0/s1. The second kappa shape index (κ2) is 6.83. The van der Waals surface area contributed by atoms with Crippen molar-refractivity contribution in [1.82, 2.24) is 14.5 Å². The van der Waals surface area contributed by atoms with Gasteiger partial charge in [-0.2, -0.15) is 0 Å². The number of aryl methyl sites for hydroxylation is 1. The van der Waals surface area contributed by atoms with Crippen LogP contribution in [0.5, 0.6) is 0 Å². The van der Waals surface area contributed by atoms with E-state index in [1.165, 1.54) is 17.2 Å². The summed E-state index contributed by atoms with van der Waals surface area (Å²) < 4.78 is 22.1. The first-order chi connectivity index (χ1) is 13.6. The van der Waals surface area contributed by atoms with Gasteiger partial charge in [-0.25, -0.2) is 9.37 Å². The Morgan fingerprint density at radius 3 is 2.82 bits per heavy atom. The van der Waals surface area contributed by atoms with E-state index < -0.39 is 0 Å². The highest BCUT2D eigenvalue weighted by atomic mass is 19.1. The molecule has 144 valence electrons. The van der Waals surface area contributed by atoms with Gasteiger partial charge in [0.25, 0.3) is 0 Å². The molecule has 3 heterocycles. The highest BCUT2D eigenvalue weighted by molar-refractivity contribution is 5.60. The monoisotopic (exact) mass is 377 g/mol. The third-order valence-electron chi connectivity index (χ3n) is 5.93. The number of ether oxygens (including phenoxy) is 1. The maximum atomic E-state index is 13.5. The number of hydrogen-bond acceptors (Lipinski definition) is 3. The van der Waals surface area contributed by atoms with E-state index >= 15 is 0 Å². The van der Waals surface area contributed by atoms with E-state index in [-0.39, 0.29) is 11.4 Å². The average molecular weight is 377 g/mol. The Bertz CT molecular complexity index is 997. The first kappa shape index (κ1) is 17.6. The Kier molecular flexibility index (Phi) is 4.29. The number of rotatable bonds is 3. The molecule has 28 heavy (non-hydrogen) atoms. The van der Waals surface area contributed by atoms with Crippen LogP contribution in [-0.2, 0) is 24.4 Å². The average Bonchev–Trinajstić information content (AvgIpc) is 3.27. The van der Waals surface area contributed by atoms with Crippen LogP contribution in [0.1, 0.15) is 23.4 Å². The van der Waals surface area contributed by atoms with Crippen LogP contribution in [0.3, 0.4) is 0 Å². The first-order valence-corrected chi connectivity index (χ1v) is 9.82. The molecule has 1 aromatic heterocycles. The molecule has 0 N–H and O–H groups in total. The fraction of sp³-hybridized carbons (Fsp3) is 0.348. The van der Waals surface area contributed by atoms with Gasteiger partial charge in [-0.1, -0.05) is 42.0 Å². The van der Waals surface area contributed by atoms with E-state index in [0.717, 1.165) is 49.7 Å². The minimum absolute atomic E-state index is 0.175. The number of fused-ring (bicyclic) bond motifs is 1. The lowest BCUT2D eigenvalue weighted by molar-refractivity contribution is -0.0821. The van der Waals surface area contributed by atoms with Gasteiger partial charge < -0.3 is 9.30 Å². The molecule has 2 aliphatic heterocycles. The van der Waals surface area contributed by atoms with Crippen molar-refractivity contribution in [2.75, 3.05) is 13.1 Å². The minimum atomic E-state index is -0.194. The molecular formula is C23H24FN3O. The van der Waals surface area contributed by atoms with Crippen LogP contribution in [0.4, 0.5) is 4.39 Å². The van der Waals surface area contributed by atoms with E-state index in [9.17, 15) is 4.39 Å². The zero-order valence-electron chi connectivity index (χ0n) is 16.1. The Morgan fingerprint density at radius 1 is 1.14 bits per heavy atom. The summed E-state index contributed by atoms with van der Waals surface area (Å²) in [5.41, 5.74) is 4.42. The van der Waals surface area contributed by atoms with Gasteiger partial charge in [-0.15, -0.1) is 0 Å². The fourth-order valence-electron chi connectivity index (χ4n) is 4.41. The molecule has 0 amide bonds. The van der Waals surface area contributed by atoms with Crippen molar-refractivity contribution in [2.45, 2.75) is 38.6 Å². The van der Waals surface area contributed by atoms with E-state index in [0.29, 0.717) is 6.61 Å². The second-order valence-corrected chi connectivity index (χ2v) is 8.07. The second-order valence-electron chi connectivity index (χ2n) is 8.07. The van der Waals surface area contributed by atoms with Gasteiger partial charge in [0.15, 0.2) is 0 Å². The van der Waals surface area contributed by atoms with Crippen LogP contribution >= 0.6 is 0 Å². The van der Waals surface area contributed by atoms with Crippen molar-refractivity contribution >= 4 is 0 Å². The summed E-state index contributed by atoms with van der Waals surface area (Å²) in [6, 6.07) is 15.5. The lowest BCUT2D eigenvalue weighted by Crippen LogP contribution is -2.44. The molecule has 1 spiro atoms. The summed E-state index contributed by atoms with van der Waals surface area (Å²) in [6.45, 7) is 6.02. The molecule has 1 saturated heterocycles. The van der Waals surface area contributed by atoms with Gasteiger partial charge in [0.2, 0.25) is 0 Å². The van der Waals surface area contributed by atoms with Crippen LogP contribution in [-0.4, -0.2) is 33.1 Å². The molecular weight excluding hydrogens is 353 g/mol. The van der Waals surface area contributed by atoms with Crippen molar-refractivity contribution in [3.05, 3.63) is 77.5 Å². The van der Waals surface area contributed by atoms with Crippen LogP contribution in [0.25, 0.3) is 11.3 Å². The van der Waals surface area contributed by atoms with Gasteiger partial charge in [0.1, 0.15) is 23.8 Å². The summed E-state index contributed by atoms with van der Waals surface area (Å²) in [6.07, 6.45) is 2.94. The van der Waals surface area contributed by atoms with Crippen molar-refractivity contribution in [3.8, 4) is 11.3 Å². The number of nitrogens with zero attached hydrogens (tertiary/aromatic N) is 3. The molecule has 0 aliphatic carbocycles. The summed E-state index contributed by atoms with van der Waals surface area (Å²) in [5, 5.41) is 0. The Labute approximate surface area is 164 Å². The highest BCUT2D eigenvalue weighted by Crippen LogP contribution is 2.35. The fourth-order valence-corrected chi connectivity index (χ4v) is 4.41. The van der Waals surface area contributed by atoms with E-state index in [4.69, 9.17) is 4.74 Å². The predicted molar refractivity (Wildman–Crippen MR) is 106 cm³/mol. The number of likely N-dealkylation sites (tertiary alicyclic amines) is 1. The molecule has 5 rings (SSSR count). The van der Waals surface area contributed by atoms with Crippen LogP contribution < -0.4 is 0 Å². The molecule has 3 aromatic rings. The third kappa shape index (κ3) is 3.25. The SMILES string of the molecule is Cc1ccc(-c2cnc3n2C[C@@]2(CCN(Cc4cccc(F)c4)C2)OC3)cc1. The molecule has 2 aromatic carbocycles. The summed E-state index contributed by atoms with van der Waals surface area (Å²) in [5.74, 6) is 0.816. The molecule has 1 fully saturated rings. The highest BCUT2D eigenvalue weighted by Gasteiger charge is 2.43. The van der Waals surface area contributed by atoms with Crippen LogP contribution in [0, 0.1) is 12.7 Å². The Morgan fingerprint density at radius 2 is 2.00 bits per heavy atom. The summed E-state index contributed by atoms with van der Waals surface area (Å²) >= 11 is 0. The summed E-state index contributed by atoms with van der Waals surface area (Å²) in [4.78, 5) is 6.95. The molecule has 4 nitrogen and oxygen atoms in total. The Hall–Kier alpha value is -2.50. The summed E-state index contributed by atoms with van der Waals surface area (Å²) in [7, 11) is 0. The lowest BCUT2D eigenvalue weighted by Gasteiger charge is -2.35. The zero-order chi connectivity index (χ0) is 19.1. The molecule has 0 bridgehead atoms. The molecule has 1 atom stereocenters. The molecule has 0 saturated carbocycles. The van der Waals surface area contributed by atoms with Gasteiger partial charge in [0.05, 0.1) is 18.4 Å². The van der Waals surface area contributed by atoms with Crippen molar-refractivity contribution in [1.29, 1.82) is 0 Å². The first-order valence-electron chi connectivity index (χ1n) is 9.82. The van der Waals surface area contributed by atoms with E-state index in [2.05, 4.69) is 45.6 Å². The number of benzene rings is 2. The topological polar surface area (TPSA) is 30.3 Å². The van der Waals surface area contributed by atoms with E-state index in [1.54, 1.807) is 12.1 Å². The molecule has 0 radical (unpaired) electrons. The van der Waals surface area contributed by atoms with Gasteiger partial charge in [-0.05, 0) is 36.6 Å². The third-order valence-corrected chi connectivity index (χ3v) is 5.93. The van der Waals surface area contributed by atoms with Crippen molar-refractivity contribution < 1.29 is 9.13 Å². The lowest BCUT2D eigenvalue weighted by atomic mass is 10.0. The number of aromatic nitrogens is 2. The maximum absolute atomic E-state index is 13.5.